The fraction of sp³-hybridized carbons (Fsp3) is 0.667. The molecule has 0 aliphatic carbocycles. The van der Waals surface area contributed by atoms with E-state index in [4.69, 9.17) is 4.74 Å². The first-order chi connectivity index (χ1) is 6.81. The lowest BCUT2D eigenvalue weighted by molar-refractivity contribution is -0.147. The van der Waals surface area contributed by atoms with Crippen molar-refractivity contribution in [3.05, 3.63) is 0 Å². The molecule has 0 spiro atoms. The van der Waals surface area contributed by atoms with Crippen LogP contribution < -0.4 is 5.32 Å². The number of carbonyl (C=O) groups excluding carboxylic acids is 3. The van der Waals surface area contributed by atoms with Crippen molar-refractivity contribution in [2.24, 2.45) is 0 Å². The first-order valence-corrected chi connectivity index (χ1v) is 4.64. The number of carbonyl (C=O) groups is 3. The van der Waals surface area contributed by atoms with Gasteiger partial charge in [0, 0.05) is 13.1 Å². The molecule has 0 radical (unpaired) electrons. The van der Waals surface area contributed by atoms with Crippen molar-refractivity contribution in [1.29, 1.82) is 0 Å². The van der Waals surface area contributed by atoms with E-state index in [1.807, 2.05) is 0 Å². The fourth-order valence-corrected chi connectivity index (χ4v) is 1.07. The molecule has 0 saturated carbocycles. The Labute approximate surface area is 87.6 Å². The SMILES string of the molecule is CC(C)(C)OC(=O)N1CCNC(=O)C1=O. The van der Waals surface area contributed by atoms with Gasteiger partial charge in [-0.05, 0) is 20.8 Å². The number of hydrogen-bond donors (Lipinski definition) is 1. The van der Waals surface area contributed by atoms with Gasteiger partial charge >= 0.3 is 17.9 Å². The minimum absolute atomic E-state index is 0.152. The topological polar surface area (TPSA) is 75.7 Å². The third-order valence-corrected chi connectivity index (χ3v) is 1.67. The number of amides is 3. The highest BCUT2D eigenvalue weighted by Crippen LogP contribution is 2.10. The van der Waals surface area contributed by atoms with E-state index < -0.39 is 23.5 Å². The van der Waals surface area contributed by atoms with Crippen molar-refractivity contribution in [2.45, 2.75) is 26.4 Å². The lowest BCUT2D eigenvalue weighted by Gasteiger charge is -2.28. The van der Waals surface area contributed by atoms with Gasteiger partial charge in [0.15, 0.2) is 0 Å². The maximum absolute atomic E-state index is 11.5. The second-order valence-corrected chi connectivity index (χ2v) is 4.19. The van der Waals surface area contributed by atoms with Crippen LogP contribution >= 0.6 is 0 Å². The molecule has 0 bridgehead atoms. The van der Waals surface area contributed by atoms with Gasteiger partial charge in [0.05, 0.1) is 0 Å². The summed E-state index contributed by atoms with van der Waals surface area (Å²) < 4.78 is 4.98. The number of nitrogens with one attached hydrogen (secondary N) is 1. The smallest absolute Gasteiger partial charge is 0.417 e. The fourth-order valence-electron chi connectivity index (χ4n) is 1.07. The summed E-state index contributed by atoms with van der Waals surface area (Å²) >= 11 is 0. The van der Waals surface area contributed by atoms with Gasteiger partial charge in [-0.15, -0.1) is 0 Å². The summed E-state index contributed by atoms with van der Waals surface area (Å²) in [6.07, 6.45) is -0.776. The Morgan fingerprint density at radius 1 is 1.40 bits per heavy atom. The molecule has 1 aliphatic rings. The van der Waals surface area contributed by atoms with Crippen LogP contribution in [0.2, 0.25) is 0 Å². The summed E-state index contributed by atoms with van der Waals surface area (Å²) in [7, 11) is 0. The van der Waals surface area contributed by atoms with Crippen LogP contribution in [0.4, 0.5) is 4.79 Å². The molecular formula is C9H14N2O4. The van der Waals surface area contributed by atoms with E-state index in [-0.39, 0.29) is 13.1 Å². The molecule has 84 valence electrons. The monoisotopic (exact) mass is 214 g/mol. The molecular weight excluding hydrogens is 200 g/mol. The summed E-state index contributed by atoms with van der Waals surface area (Å²) in [6.45, 7) is 5.50. The third-order valence-electron chi connectivity index (χ3n) is 1.67. The Balaban J connectivity index is 2.67. The zero-order valence-electron chi connectivity index (χ0n) is 8.99. The number of rotatable bonds is 0. The van der Waals surface area contributed by atoms with Gasteiger partial charge in [-0.1, -0.05) is 0 Å². The first kappa shape index (κ1) is 11.5. The van der Waals surface area contributed by atoms with Crippen LogP contribution in [-0.2, 0) is 14.3 Å². The molecule has 0 aromatic heterocycles. The van der Waals surface area contributed by atoms with E-state index in [1.165, 1.54) is 0 Å². The van der Waals surface area contributed by atoms with Crippen LogP contribution in [0.1, 0.15) is 20.8 Å². The molecule has 0 aromatic rings. The van der Waals surface area contributed by atoms with Gasteiger partial charge in [-0.3, -0.25) is 9.59 Å². The first-order valence-electron chi connectivity index (χ1n) is 4.64. The summed E-state index contributed by atoms with van der Waals surface area (Å²) in [4.78, 5) is 34.5. The predicted octanol–water partition coefficient (Wildman–Crippen LogP) is -0.120. The lowest BCUT2D eigenvalue weighted by Crippen LogP contribution is -2.55. The standard InChI is InChI=1S/C9H14N2O4/c1-9(2,3)15-8(14)11-5-4-10-6(12)7(11)13/h4-5H2,1-3H3,(H,10,12). The molecule has 1 saturated heterocycles. The van der Waals surface area contributed by atoms with Gasteiger partial charge in [-0.2, -0.15) is 0 Å². The summed E-state index contributed by atoms with van der Waals surface area (Å²) in [5.41, 5.74) is -0.675. The Bertz CT molecular complexity index is 306. The highest BCUT2D eigenvalue weighted by molar-refractivity contribution is 6.37. The summed E-state index contributed by atoms with van der Waals surface area (Å²) in [5, 5.41) is 2.34. The third kappa shape index (κ3) is 2.93. The summed E-state index contributed by atoms with van der Waals surface area (Å²) in [5.74, 6) is -1.64. The molecule has 6 nitrogen and oxygen atoms in total. The second-order valence-electron chi connectivity index (χ2n) is 4.19. The van der Waals surface area contributed by atoms with Gasteiger partial charge < -0.3 is 10.1 Å². The van der Waals surface area contributed by atoms with Crippen LogP contribution in [0.25, 0.3) is 0 Å². The molecule has 1 rings (SSSR count). The van der Waals surface area contributed by atoms with Crippen LogP contribution in [0, 0.1) is 0 Å². The van der Waals surface area contributed by atoms with Crippen LogP contribution in [0.5, 0.6) is 0 Å². The maximum atomic E-state index is 11.5. The number of imide groups is 1. The highest BCUT2D eigenvalue weighted by Gasteiger charge is 2.33. The minimum Gasteiger partial charge on any atom is -0.443 e. The Morgan fingerprint density at radius 2 is 2.00 bits per heavy atom. The van der Waals surface area contributed by atoms with Crippen LogP contribution in [-0.4, -0.2) is 41.5 Å². The van der Waals surface area contributed by atoms with Crippen molar-refractivity contribution in [1.82, 2.24) is 10.2 Å². The number of hydrogen-bond acceptors (Lipinski definition) is 4. The van der Waals surface area contributed by atoms with Crippen LogP contribution in [0.3, 0.4) is 0 Å². The number of nitrogens with zero attached hydrogens (tertiary/aromatic N) is 1. The second kappa shape index (κ2) is 3.88. The molecule has 3 amide bonds. The van der Waals surface area contributed by atoms with E-state index in [0.717, 1.165) is 4.90 Å². The molecule has 1 aliphatic heterocycles. The van der Waals surface area contributed by atoms with E-state index in [2.05, 4.69) is 5.32 Å². The number of piperazine rings is 1. The molecule has 1 N–H and O–H groups in total. The van der Waals surface area contributed by atoms with Gasteiger partial charge in [0.1, 0.15) is 5.60 Å². The minimum atomic E-state index is -0.865. The summed E-state index contributed by atoms with van der Waals surface area (Å²) in [6, 6.07) is 0. The molecule has 6 heteroatoms. The quantitative estimate of drug-likeness (QED) is 0.570. The highest BCUT2D eigenvalue weighted by atomic mass is 16.6. The number of ether oxygens (including phenoxy) is 1. The molecule has 1 heterocycles. The Hall–Kier alpha value is -1.59. The van der Waals surface area contributed by atoms with Gasteiger partial charge in [0.25, 0.3) is 0 Å². The zero-order valence-corrected chi connectivity index (χ0v) is 8.99. The van der Waals surface area contributed by atoms with Crippen LogP contribution in [0.15, 0.2) is 0 Å². The van der Waals surface area contributed by atoms with Gasteiger partial charge in [0.2, 0.25) is 0 Å². The van der Waals surface area contributed by atoms with Crippen molar-refractivity contribution in [2.75, 3.05) is 13.1 Å². The maximum Gasteiger partial charge on any atom is 0.417 e. The van der Waals surface area contributed by atoms with E-state index in [0.29, 0.717) is 0 Å². The zero-order chi connectivity index (χ0) is 11.6. The molecule has 0 unspecified atom stereocenters. The van der Waals surface area contributed by atoms with Crippen molar-refractivity contribution in [3.8, 4) is 0 Å². The predicted molar refractivity (Wildman–Crippen MR) is 51.0 cm³/mol. The largest absolute Gasteiger partial charge is 0.443 e. The average molecular weight is 214 g/mol. The van der Waals surface area contributed by atoms with E-state index in [1.54, 1.807) is 20.8 Å². The lowest BCUT2D eigenvalue weighted by atomic mass is 10.2. The van der Waals surface area contributed by atoms with E-state index in [9.17, 15) is 14.4 Å². The molecule has 0 atom stereocenters. The van der Waals surface area contributed by atoms with Crippen molar-refractivity contribution < 1.29 is 19.1 Å². The Morgan fingerprint density at radius 3 is 2.53 bits per heavy atom. The van der Waals surface area contributed by atoms with Crippen molar-refractivity contribution >= 4 is 17.9 Å². The molecule has 15 heavy (non-hydrogen) atoms. The average Bonchev–Trinajstić information content (AvgIpc) is 2.06. The normalized spacial score (nSPS) is 17.4. The van der Waals surface area contributed by atoms with Crippen molar-refractivity contribution in [3.63, 3.8) is 0 Å². The molecule has 0 aromatic carbocycles. The molecule has 1 fully saturated rings. The van der Waals surface area contributed by atoms with E-state index >= 15 is 0 Å². The van der Waals surface area contributed by atoms with Gasteiger partial charge in [-0.25, -0.2) is 9.69 Å². The Kier molecular flexibility index (Phi) is 2.97.